The molecule has 0 aliphatic carbocycles. The second-order valence-corrected chi connectivity index (χ2v) is 10.0. The van der Waals surface area contributed by atoms with Crippen molar-refractivity contribution < 1.29 is 48.4 Å². The number of alkyl carbamates (subject to hydrolysis) is 1. The number of hydrogen-bond donors (Lipinski definition) is 4. The largest absolute Gasteiger partial charge is 0.478 e. The smallest absolute Gasteiger partial charge is 0.408 e. The molecule has 1 aromatic rings. The Hall–Kier alpha value is -3.32. The zero-order valence-corrected chi connectivity index (χ0v) is 22.0. The lowest BCUT2D eigenvalue weighted by atomic mass is 10.0. The van der Waals surface area contributed by atoms with Crippen LogP contribution in [0.15, 0.2) is 6.07 Å². The first kappa shape index (κ1) is 30.7. The maximum atomic E-state index is 12.5. The van der Waals surface area contributed by atoms with Crippen LogP contribution in [0.25, 0.3) is 0 Å². The average Bonchev–Trinajstić information content (AvgIpc) is 2.70. The SMILES string of the molecule is CC(=O)Oc1cc(OC(C)=O)c(CSC(C)NC(=O)[C@H](CO)NC(=O)OC(C)(C)C)c(C(=O)O)c1C. The van der Waals surface area contributed by atoms with Crippen LogP contribution in [-0.2, 0) is 24.9 Å². The van der Waals surface area contributed by atoms with Crippen LogP contribution < -0.4 is 20.1 Å². The van der Waals surface area contributed by atoms with E-state index in [2.05, 4.69) is 10.6 Å². The summed E-state index contributed by atoms with van der Waals surface area (Å²) in [4.78, 5) is 59.5. The van der Waals surface area contributed by atoms with Gasteiger partial charge in [0.15, 0.2) is 0 Å². The van der Waals surface area contributed by atoms with Crippen LogP contribution in [0.5, 0.6) is 11.5 Å². The topological polar surface area (TPSA) is 178 Å². The summed E-state index contributed by atoms with van der Waals surface area (Å²) in [5, 5.41) is 23.6. The molecule has 2 amide bonds. The van der Waals surface area contributed by atoms with E-state index in [9.17, 15) is 34.2 Å². The van der Waals surface area contributed by atoms with Crippen molar-refractivity contribution in [1.29, 1.82) is 0 Å². The van der Waals surface area contributed by atoms with Crippen LogP contribution in [0.3, 0.4) is 0 Å². The summed E-state index contributed by atoms with van der Waals surface area (Å²) in [5.41, 5.74) is -0.713. The van der Waals surface area contributed by atoms with Crippen molar-refractivity contribution in [1.82, 2.24) is 10.6 Å². The standard InChI is InChI=1S/C23H32N2O10S/c1-11-17(33-13(3)27)8-18(34-14(4)28)15(19(11)21(30)31)10-36-12(2)24-20(29)16(9-26)25-22(32)35-23(5,6)7/h8,12,16,26H,9-10H2,1-7H3,(H,24,29)(H,25,32)(H,30,31)/t12?,16-/m0/s1. The molecule has 0 heterocycles. The molecule has 12 nitrogen and oxygen atoms in total. The summed E-state index contributed by atoms with van der Waals surface area (Å²) in [5.74, 6) is -3.60. The molecule has 0 spiro atoms. The summed E-state index contributed by atoms with van der Waals surface area (Å²) < 4.78 is 15.3. The fourth-order valence-corrected chi connectivity index (χ4v) is 3.82. The van der Waals surface area contributed by atoms with Crippen LogP contribution in [-0.4, -0.2) is 63.7 Å². The number of carbonyl (C=O) groups is 5. The number of benzene rings is 1. The van der Waals surface area contributed by atoms with Gasteiger partial charge >= 0.3 is 24.0 Å². The van der Waals surface area contributed by atoms with Gasteiger partial charge in [0.05, 0.1) is 17.5 Å². The number of carboxylic acid groups (broad SMARTS) is 1. The Morgan fingerprint density at radius 2 is 1.58 bits per heavy atom. The zero-order valence-electron chi connectivity index (χ0n) is 21.2. The van der Waals surface area contributed by atoms with E-state index in [0.717, 1.165) is 25.6 Å². The number of aliphatic hydroxyl groups excluding tert-OH is 1. The first-order valence-corrected chi connectivity index (χ1v) is 11.9. The molecule has 0 fully saturated rings. The van der Waals surface area contributed by atoms with E-state index < -0.39 is 53.5 Å². The Morgan fingerprint density at radius 3 is 2.06 bits per heavy atom. The van der Waals surface area contributed by atoms with Gasteiger partial charge in [0, 0.05) is 36.8 Å². The number of hydrogen-bond acceptors (Lipinski definition) is 10. The minimum atomic E-state index is -1.33. The number of thioether (sulfide) groups is 1. The van der Waals surface area contributed by atoms with E-state index in [1.165, 1.54) is 13.0 Å². The highest BCUT2D eigenvalue weighted by molar-refractivity contribution is 7.99. The van der Waals surface area contributed by atoms with Gasteiger partial charge in [-0.3, -0.25) is 14.4 Å². The van der Waals surface area contributed by atoms with Gasteiger partial charge in [0.1, 0.15) is 23.1 Å². The number of carboxylic acids is 1. The average molecular weight is 529 g/mol. The van der Waals surface area contributed by atoms with E-state index in [4.69, 9.17) is 14.2 Å². The highest BCUT2D eigenvalue weighted by Crippen LogP contribution is 2.36. The fraction of sp³-hybridized carbons (Fsp3) is 0.522. The Kier molecular flexibility index (Phi) is 11.2. The lowest BCUT2D eigenvalue weighted by Gasteiger charge is -2.23. The third-order valence-corrected chi connectivity index (χ3v) is 5.41. The molecular weight excluding hydrogens is 496 g/mol. The van der Waals surface area contributed by atoms with Gasteiger partial charge in [-0.25, -0.2) is 9.59 Å². The van der Waals surface area contributed by atoms with Gasteiger partial charge in [-0.2, -0.15) is 0 Å². The van der Waals surface area contributed by atoms with Crippen molar-refractivity contribution in [2.24, 2.45) is 0 Å². The highest BCUT2D eigenvalue weighted by atomic mass is 32.2. The van der Waals surface area contributed by atoms with Gasteiger partial charge < -0.3 is 35.1 Å². The lowest BCUT2D eigenvalue weighted by Crippen LogP contribution is -2.51. The van der Waals surface area contributed by atoms with E-state index in [1.54, 1.807) is 27.7 Å². The van der Waals surface area contributed by atoms with Gasteiger partial charge in [-0.1, -0.05) is 0 Å². The van der Waals surface area contributed by atoms with E-state index in [-0.39, 0.29) is 33.9 Å². The zero-order chi connectivity index (χ0) is 27.8. The first-order chi connectivity index (χ1) is 16.5. The van der Waals surface area contributed by atoms with E-state index in [1.807, 2.05) is 0 Å². The van der Waals surface area contributed by atoms with Crippen LogP contribution in [0, 0.1) is 6.92 Å². The molecular formula is C23H32N2O10S. The number of rotatable bonds is 10. The van der Waals surface area contributed by atoms with Gasteiger partial charge in [0.2, 0.25) is 5.91 Å². The Bertz CT molecular complexity index is 1020. The summed E-state index contributed by atoms with van der Waals surface area (Å²) in [6.07, 6.45) is -0.877. The van der Waals surface area contributed by atoms with Crippen LogP contribution in [0.1, 0.15) is 63.0 Å². The molecule has 0 aliphatic rings. The fourth-order valence-electron chi connectivity index (χ4n) is 2.92. The summed E-state index contributed by atoms with van der Waals surface area (Å²) in [6, 6.07) is -0.0182. The predicted octanol–water partition coefficient (Wildman–Crippen LogP) is 2.12. The quantitative estimate of drug-likeness (QED) is 0.199. The molecule has 4 N–H and O–H groups in total. The Balaban J connectivity index is 3.09. The number of amides is 2. The molecule has 1 unspecified atom stereocenters. The first-order valence-electron chi connectivity index (χ1n) is 10.8. The number of ether oxygens (including phenoxy) is 3. The van der Waals surface area contributed by atoms with Crippen LogP contribution in [0.4, 0.5) is 4.79 Å². The molecule has 0 aliphatic heterocycles. The normalized spacial score (nSPS) is 12.7. The minimum absolute atomic E-state index is 0.0177. The Labute approximate surface area is 213 Å². The maximum Gasteiger partial charge on any atom is 0.408 e. The number of nitrogens with one attached hydrogen (secondary N) is 2. The Morgan fingerprint density at radius 1 is 1.03 bits per heavy atom. The molecule has 2 atom stereocenters. The summed E-state index contributed by atoms with van der Waals surface area (Å²) in [7, 11) is 0. The van der Waals surface area contributed by atoms with E-state index >= 15 is 0 Å². The second kappa shape index (κ2) is 13.1. The molecule has 13 heteroatoms. The van der Waals surface area contributed by atoms with Crippen molar-refractivity contribution >= 4 is 41.7 Å². The predicted molar refractivity (Wildman–Crippen MR) is 130 cm³/mol. The molecule has 200 valence electrons. The van der Waals surface area contributed by atoms with Gasteiger partial charge in [-0.05, 0) is 34.6 Å². The molecule has 1 rings (SSSR count). The van der Waals surface area contributed by atoms with Gasteiger partial charge in [0.25, 0.3) is 0 Å². The summed E-state index contributed by atoms with van der Waals surface area (Å²) >= 11 is 1.10. The third-order valence-electron chi connectivity index (χ3n) is 4.34. The van der Waals surface area contributed by atoms with Crippen LogP contribution in [0.2, 0.25) is 0 Å². The van der Waals surface area contributed by atoms with E-state index in [0.29, 0.717) is 0 Å². The number of aliphatic hydroxyl groups is 1. The third kappa shape index (κ3) is 9.74. The molecule has 0 radical (unpaired) electrons. The highest BCUT2D eigenvalue weighted by Gasteiger charge is 2.27. The minimum Gasteiger partial charge on any atom is -0.478 e. The maximum absolute atomic E-state index is 12.5. The van der Waals surface area contributed by atoms with Crippen molar-refractivity contribution in [2.75, 3.05) is 6.61 Å². The number of esters is 2. The van der Waals surface area contributed by atoms with Crippen LogP contribution >= 0.6 is 11.8 Å². The molecule has 36 heavy (non-hydrogen) atoms. The monoisotopic (exact) mass is 528 g/mol. The van der Waals surface area contributed by atoms with Crippen molar-refractivity contribution in [3.8, 4) is 11.5 Å². The molecule has 0 aromatic heterocycles. The van der Waals surface area contributed by atoms with Crippen molar-refractivity contribution in [3.63, 3.8) is 0 Å². The number of carbonyl (C=O) groups excluding carboxylic acids is 4. The number of aromatic carboxylic acids is 1. The van der Waals surface area contributed by atoms with Crippen molar-refractivity contribution in [3.05, 3.63) is 22.8 Å². The molecule has 1 aromatic carbocycles. The lowest BCUT2D eigenvalue weighted by molar-refractivity contribution is -0.132. The molecule has 0 bridgehead atoms. The summed E-state index contributed by atoms with van der Waals surface area (Å²) in [6.45, 7) is 9.61. The molecule has 0 saturated heterocycles. The van der Waals surface area contributed by atoms with Crippen molar-refractivity contribution in [2.45, 2.75) is 71.2 Å². The second-order valence-electron chi connectivity index (χ2n) is 8.69. The van der Waals surface area contributed by atoms with Gasteiger partial charge in [-0.15, -0.1) is 11.8 Å². The molecule has 0 saturated carbocycles.